The van der Waals surface area contributed by atoms with E-state index in [1.807, 2.05) is 0 Å². The number of carboxylic acid groups (broad SMARTS) is 1. The van der Waals surface area contributed by atoms with E-state index in [0.717, 1.165) is 0 Å². The fraction of sp³-hybridized carbons (Fsp3) is 0.556. The highest BCUT2D eigenvalue weighted by Crippen LogP contribution is 1.96. The molecule has 1 unspecified atom stereocenters. The number of H-pyrrole nitrogens is 1. The summed E-state index contributed by atoms with van der Waals surface area (Å²) in [6.45, 7) is 0.0996. The topological polar surface area (TPSA) is 120 Å². The standard InChI is InChI=1S/C9H15N5O4/c1-14(3-7-10-5-11-13-7)9(17)12-6(4-18-2)8(15)16/h5-6H,3-4H2,1-2H3,(H,12,17)(H,15,16)(H,10,11,13). The zero-order valence-corrected chi connectivity index (χ0v) is 10.1. The zero-order valence-electron chi connectivity index (χ0n) is 10.1. The lowest BCUT2D eigenvalue weighted by Crippen LogP contribution is -2.48. The lowest BCUT2D eigenvalue weighted by molar-refractivity contribution is -0.140. The van der Waals surface area contributed by atoms with E-state index >= 15 is 0 Å². The molecule has 0 spiro atoms. The molecule has 1 aromatic rings. The first kappa shape index (κ1) is 13.9. The Balaban J connectivity index is 2.50. The number of nitrogens with zero attached hydrogens (tertiary/aromatic N) is 3. The van der Waals surface area contributed by atoms with E-state index in [4.69, 9.17) is 9.84 Å². The highest BCUT2D eigenvalue weighted by atomic mass is 16.5. The van der Waals surface area contributed by atoms with Gasteiger partial charge in [0.15, 0.2) is 6.04 Å². The van der Waals surface area contributed by atoms with Gasteiger partial charge in [0.05, 0.1) is 13.2 Å². The molecule has 0 aliphatic rings. The van der Waals surface area contributed by atoms with E-state index in [-0.39, 0.29) is 13.2 Å². The summed E-state index contributed by atoms with van der Waals surface area (Å²) in [6.07, 6.45) is 1.33. The van der Waals surface area contributed by atoms with Crippen LogP contribution in [0.5, 0.6) is 0 Å². The van der Waals surface area contributed by atoms with Crippen molar-refractivity contribution in [2.75, 3.05) is 20.8 Å². The van der Waals surface area contributed by atoms with Gasteiger partial charge in [-0.3, -0.25) is 5.10 Å². The van der Waals surface area contributed by atoms with Gasteiger partial charge in [0.1, 0.15) is 12.2 Å². The molecule has 0 fully saturated rings. The first-order valence-electron chi connectivity index (χ1n) is 5.12. The van der Waals surface area contributed by atoms with Crippen LogP contribution < -0.4 is 5.32 Å². The second-order valence-corrected chi connectivity index (χ2v) is 3.58. The summed E-state index contributed by atoms with van der Waals surface area (Å²) >= 11 is 0. The normalized spacial score (nSPS) is 11.9. The van der Waals surface area contributed by atoms with Crippen molar-refractivity contribution in [2.45, 2.75) is 12.6 Å². The largest absolute Gasteiger partial charge is 0.480 e. The van der Waals surface area contributed by atoms with Gasteiger partial charge in [-0.2, -0.15) is 5.10 Å². The minimum Gasteiger partial charge on any atom is -0.480 e. The molecule has 0 saturated heterocycles. The molecule has 0 aliphatic carbocycles. The van der Waals surface area contributed by atoms with E-state index in [0.29, 0.717) is 5.82 Å². The molecular formula is C9H15N5O4. The molecule has 0 radical (unpaired) electrons. The number of hydrogen-bond donors (Lipinski definition) is 3. The average molecular weight is 257 g/mol. The van der Waals surface area contributed by atoms with Crippen LogP contribution in [0.1, 0.15) is 5.82 Å². The Bertz CT molecular complexity index is 394. The van der Waals surface area contributed by atoms with Crippen molar-refractivity contribution in [3.05, 3.63) is 12.2 Å². The minimum atomic E-state index is -1.15. The van der Waals surface area contributed by atoms with Gasteiger partial charge in [-0.1, -0.05) is 0 Å². The molecule has 9 nitrogen and oxygen atoms in total. The molecule has 100 valence electrons. The van der Waals surface area contributed by atoms with Crippen molar-refractivity contribution in [2.24, 2.45) is 0 Å². The van der Waals surface area contributed by atoms with Crippen molar-refractivity contribution in [3.63, 3.8) is 0 Å². The maximum Gasteiger partial charge on any atom is 0.328 e. The molecule has 2 amide bonds. The van der Waals surface area contributed by atoms with E-state index < -0.39 is 18.0 Å². The molecule has 1 aromatic heterocycles. The number of carboxylic acids is 1. The Morgan fingerprint density at radius 2 is 2.39 bits per heavy atom. The van der Waals surface area contributed by atoms with Crippen molar-refractivity contribution in [1.82, 2.24) is 25.4 Å². The third-order valence-electron chi connectivity index (χ3n) is 2.13. The van der Waals surface area contributed by atoms with Crippen LogP contribution in [0, 0.1) is 0 Å². The number of aromatic amines is 1. The van der Waals surface area contributed by atoms with Crippen molar-refractivity contribution < 1.29 is 19.4 Å². The van der Waals surface area contributed by atoms with E-state index in [9.17, 15) is 9.59 Å². The molecule has 0 saturated carbocycles. The number of nitrogens with one attached hydrogen (secondary N) is 2. The van der Waals surface area contributed by atoms with Crippen LogP contribution in [0.25, 0.3) is 0 Å². The molecule has 1 heterocycles. The maximum atomic E-state index is 11.7. The number of carbonyl (C=O) groups is 2. The SMILES string of the molecule is COCC(NC(=O)N(C)Cc1ncn[nH]1)C(=O)O. The minimum absolute atomic E-state index is 0.1000. The van der Waals surface area contributed by atoms with E-state index in [2.05, 4.69) is 20.5 Å². The Kier molecular flexibility index (Phi) is 5.06. The van der Waals surface area contributed by atoms with Gasteiger partial charge in [0.25, 0.3) is 0 Å². The van der Waals surface area contributed by atoms with E-state index in [1.54, 1.807) is 0 Å². The highest BCUT2D eigenvalue weighted by molar-refractivity contribution is 5.82. The first-order chi connectivity index (χ1) is 8.54. The van der Waals surface area contributed by atoms with Crippen LogP contribution in [0.3, 0.4) is 0 Å². The summed E-state index contributed by atoms with van der Waals surface area (Å²) < 4.78 is 4.71. The maximum absolute atomic E-state index is 11.7. The third kappa shape index (κ3) is 4.01. The van der Waals surface area contributed by atoms with Crippen LogP contribution in [0.4, 0.5) is 4.79 Å². The van der Waals surface area contributed by atoms with Gasteiger partial charge in [-0.05, 0) is 0 Å². The summed E-state index contributed by atoms with van der Waals surface area (Å²) in [7, 11) is 2.88. The Morgan fingerprint density at radius 1 is 1.67 bits per heavy atom. The van der Waals surface area contributed by atoms with Gasteiger partial charge < -0.3 is 20.1 Å². The fourth-order valence-electron chi connectivity index (χ4n) is 1.20. The fourth-order valence-corrected chi connectivity index (χ4v) is 1.20. The van der Waals surface area contributed by atoms with Gasteiger partial charge >= 0.3 is 12.0 Å². The number of rotatable bonds is 6. The lowest BCUT2D eigenvalue weighted by atomic mass is 10.3. The molecular weight excluding hydrogens is 242 g/mol. The number of amides is 2. The number of aromatic nitrogens is 3. The molecule has 3 N–H and O–H groups in total. The van der Waals surface area contributed by atoms with Gasteiger partial charge in [0.2, 0.25) is 0 Å². The quantitative estimate of drug-likeness (QED) is 0.604. The third-order valence-corrected chi connectivity index (χ3v) is 2.13. The predicted molar refractivity (Wildman–Crippen MR) is 59.7 cm³/mol. The highest BCUT2D eigenvalue weighted by Gasteiger charge is 2.21. The first-order valence-corrected chi connectivity index (χ1v) is 5.12. The molecule has 0 aromatic carbocycles. The predicted octanol–water partition coefficient (Wildman–Crippen LogP) is -0.954. The molecule has 1 rings (SSSR count). The van der Waals surface area contributed by atoms with Crippen LogP contribution in [0.2, 0.25) is 0 Å². The van der Waals surface area contributed by atoms with Gasteiger partial charge in [-0.15, -0.1) is 0 Å². The second kappa shape index (κ2) is 6.55. The lowest BCUT2D eigenvalue weighted by Gasteiger charge is -2.20. The summed E-state index contributed by atoms with van der Waals surface area (Å²) in [4.78, 5) is 27.7. The van der Waals surface area contributed by atoms with Gasteiger partial charge in [0, 0.05) is 14.2 Å². The summed E-state index contributed by atoms with van der Waals surface area (Å²) in [5.74, 6) is -0.649. The average Bonchev–Trinajstić information content (AvgIpc) is 2.80. The molecule has 9 heteroatoms. The zero-order chi connectivity index (χ0) is 13.5. The monoisotopic (exact) mass is 257 g/mol. The number of urea groups is 1. The van der Waals surface area contributed by atoms with Crippen molar-refractivity contribution in [1.29, 1.82) is 0 Å². The molecule has 0 bridgehead atoms. The van der Waals surface area contributed by atoms with Crippen LogP contribution in [0.15, 0.2) is 6.33 Å². The number of carbonyl (C=O) groups excluding carboxylic acids is 1. The van der Waals surface area contributed by atoms with Crippen LogP contribution in [-0.4, -0.2) is 64.0 Å². The van der Waals surface area contributed by atoms with Crippen molar-refractivity contribution >= 4 is 12.0 Å². The Labute approximate surface area is 103 Å². The number of hydrogen-bond acceptors (Lipinski definition) is 5. The summed E-state index contributed by atoms with van der Waals surface area (Å²) in [5, 5.41) is 17.4. The Hall–Kier alpha value is -2.16. The second-order valence-electron chi connectivity index (χ2n) is 3.58. The smallest absolute Gasteiger partial charge is 0.328 e. The van der Waals surface area contributed by atoms with Crippen molar-refractivity contribution in [3.8, 4) is 0 Å². The van der Waals surface area contributed by atoms with Crippen LogP contribution in [-0.2, 0) is 16.1 Å². The van der Waals surface area contributed by atoms with Gasteiger partial charge in [-0.25, -0.2) is 14.6 Å². The number of aliphatic carboxylic acids is 1. The number of methoxy groups -OCH3 is 1. The number of ether oxygens (including phenoxy) is 1. The van der Waals surface area contributed by atoms with Crippen LogP contribution >= 0.6 is 0 Å². The molecule has 18 heavy (non-hydrogen) atoms. The summed E-state index contributed by atoms with van der Waals surface area (Å²) in [6, 6.07) is -1.62. The van der Waals surface area contributed by atoms with E-state index in [1.165, 1.54) is 25.4 Å². The molecule has 1 atom stereocenters. The molecule has 0 aliphatic heterocycles. The summed E-state index contributed by atoms with van der Waals surface area (Å²) in [5.41, 5.74) is 0. The Morgan fingerprint density at radius 3 is 2.89 bits per heavy atom.